The van der Waals surface area contributed by atoms with E-state index in [0.717, 1.165) is 45.1 Å². The minimum absolute atomic E-state index is 0.266. The first-order chi connectivity index (χ1) is 10.5. The summed E-state index contributed by atoms with van der Waals surface area (Å²) in [6, 6.07) is 0. The van der Waals surface area contributed by atoms with Gasteiger partial charge in [-0.25, -0.2) is 0 Å². The molecule has 3 nitrogen and oxygen atoms in total. The van der Waals surface area contributed by atoms with Crippen LogP contribution in [-0.4, -0.2) is 28.7 Å². The lowest BCUT2D eigenvalue weighted by atomic mass is 9.87. The molecule has 0 N–H and O–H groups in total. The fourth-order valence-electron chi connectivity index (χ4n) is 2.74. The van der Waals surface area contributed by atoms with Gasteiger partial charge in [-0.1, -0.05) is 57.2 Å². The molecule has 0 fully saturated rings. The molecule has 0 aromatic heterocycles. The van der Waals surface area contributed by atoms with Gasteiger partial charge >= 0.3 is 0 Å². The highest BCUT2D eigenvalue weighted by Crippen LogP contribution is 2.26. The maximum Gasteiger partial charge on any atom is 0.164 e. The molecular weight excluding hydrogens is 391 g/mol. The standard InChI is InChI=1S/C18H35IO3/c1-6-16(7-2)21-13-12-15(5)10-11-17(20)18(8-3,9-4)22-14-19/h15-16H,6-14H2,1-5H3. The third-order valence-electron chi connectivity index (χ3n) is 4.72. The molecule has 1 atom stereocenters. The first-order valence-electron chi connectivity index (χ1n) is 8.84. The van der Waals surface area contributed by atoms with Crippen LogP contribution >= 0.6 is 22.6 Å². The number of alkyl halides is 1. The SMILES string of the molecule is CCC(CC)OCCC(C)CCC(=O)C(CC)(CC)OCI. The van der Waals surface area contributed by atoms with Crippen molar-refractivity contribution in [2.24, 2.45) is 5.92 Å². The van der Waals surface area contributed by atoms with E-state index in [0.29, 0.717) is 23.1 Å². The average molecular weight is 426 g/mol. The summed E-state index contributed by atoms with van der Waals surface area (Å²) in [6.45, 7) is 11.4. The van der Waals surface area contributed by atoms with Gasteiger partial charge in [-0.2, -0.15) is 0 Å². The number of hydrogen-bond acceptors (Lipinski definition) is 3. The van der Waals surface area contributed by atoms with Crippen LogP contribution in [0.2, 0.25) is 0 Å². The molecular formula is C18H35IO3. The van der Waals surface area contributed by atoms with Gasteiger partial charge in [0.25, 0.3) is 0 Å². The van der Waals surface area contributed by atoms with Crippen molar-refractivity contribution in [1.82, 2.24) is 0 Å². The van der Waals surface area contributed by atoms with E-state index in [2.05, 4.69) is 43.4 Å². The smallest absolute Gasteiger partial charge is 0.164 e. The summed E-state index contributed by atoms with van der Waals surface area (Å²) in [5.74, 6) is 0.784. The van der Waals surface area contributed by atoms with Crippen LogP contribution in [0.5, 0.6) is 0 Å². The summed E-state index contributed by atoms with van der Waals surface area (Å²) in [5, 5.41) is 0. The summed E-state index contributed by atoms with van der Waals surface area (Å²) in [7, 11) is 0. The molecule has 4 heteroatoms. The Labute approximate surface area is 151 Å². The predicted molar refractivity (Wildman–Crippen MR) is 102 cm³/mol. The lowest BCUT2D eigenvalue weighted by molar-refractivity contribution is -0.142. The number of hydrogen-bond donors (Lipinski definition) is 0. The van der Waals surface area contributed by atoms with Crippen LogP contribution in [0, 0.1) is 5.92 Å². The lowest BCUT2D eigenvalue weighted by Crippen LogP contribution is -2.40. The van der Waals surface area contributed by atoms with Crippen LogP contribution in [-0.2, 0) is 14.3 Å². The van der Waals surface area contributed by atoms with Crippen molar-refractivity contribution in [1.29, 1.82) is 0 Å². The second-order valence-corrected chi connectivity index (χ2v) is 6.74. The van der Waals surface area contributed by atoms with Gasteiger partial charge in [-0.3, -0.25) is 4.79 Å². The van der Waals surface area contributed by atoms with E-state index in [1.54, 1.807) is 0 Å². The molecule has 0 aromatic rings. The maximum absolute atomic E-state index is 12.5. The maximum atomic E-state index is 12.5. The second kappa shape index (κ2) is 12.7. The fourth-order valence-corrected chi connectivity index (χ4v) is 3.34. The number of ketones is 1. The predicted octanol–water partition coefficient (Wildman–Crippen LogP) is 5.54. The Morgan fingerprint density at radius 2 is 1.68 bits per heavy atom. The van der Waals surface area contributed by atoms with Crippen molar-refractivity contribution in [3.05, 3.63) is 0 Å². The number of halogens is 1. The van der Waals surface area contributed by atoms with Crippen molar-refractivity contribution in [2.75, 3.05) is 11.2 Å². The highest BCUT2D eigenvalue weighted by Gasteiger charge is 2.34. The molecule has 0 aromatic carbocycles. The van der Waals surface area contributed by atoms with Crippen molar-refractivity contribution in [3.8, 4) is 0 Å². The minimum Gasteiger partial charge on any atom is -0.378 e. The highest BCUT2D eigenvalue weighted by molar-refractivity contribution is 14.1. The van der Waals surface area contributed by atoms with Crippen molar-refractivity contribution >= 4 is 28.4 Å². The van der Waals surface area contributed by atoms with Crippen molar-refractivity contribution < 1.29 is 14.3 Å². The van der Waals surface area contributed by atoms with Gasteiger partial charge in [0.05, 0.1) is 10.7 Å². The number of carbonyl (C=O) groups excluding carboxylic acids is 1. The Hall–Kier alpha value is 0.320. The van der Waals surface area contributed by atoms with Crippen LogP contribution in [0.4, 0.5) is 0 Å². The van der Waals surface area contributed by atoms with Gasteiger partial charge in [-0.15, -0.1) is 0 Å². The quantitative estimate of drug-likeness (QED) is 0.271. The van der Waals surface area contributed by atoms with Gasteiger partial charge in [0, 0.05) is 13.0 Å². The first kappa shape index (κ1) is 22.3. The van der Waals surface area contributed by atoms with Crippen LogP contribution in [0.3, 0.4) is 0 Å². The van der Waals surface area contributed by atoms with E-state index < -0.39 is 5.60 Å². The molecule has 0 aliphatic carbocycles. The normalized spacial score (nSPS) is 13.6. The minimum atomic E-state index is -0.563. The number of rotatable bonds is 14. The topological polar surface area (TPSA) is 35.5 Å². The summed E-state index contributed by atoms with van der Waals surface area (Å²) >= 11 is 2.18. The molecule has 0 spiro atoms. The molecule has 0 rings (SSSR count). The Bertz CT molecular complexity index is 286. The Kier molecular flexibility index (Phi) is 12.9. The van der Waals surface area contributed by atoms with Crippen LogP contribution in [0.1, 0.15) is 79.6 Å². The Morgan fingerprint density at radius 3 is 2.14 bits per heavy atom. The molecule has 22 heavy (non-hydrogen) atoms. The summed E-state index contributed by atoms with van der Waals surface area (Å²) in [4.78, 5) is 12.5. The van der Waals surface area contributed by atoms with E-state index in [9.17, 15) is 4.79 Å². The molecule has 0 aliphatic heterocycles. The zero-order valence-corrected chi connectivity index (χ0v) is 17.3. The van der Waals surface area contributed by atoms with E-state index >= 15 is 0 Å². The van der Waals surface area contributed by atoms with Gasteiger partial charge in [0.15, 0.2) is 5.78 Å². The average Bonchev–Trinajstić information content (AvgIpc) is 2.54. The van der Waals surface area contributed by atoms with Crippen molar-refractivity contribution in [3.63, 3.8) is 0 Å². The zero-order chi connectivity index (χ0) is 17.0. The molecule has 132 valence electrons. The zero-order valence-electron chi connectivity index (χ0n) is 15.1. The van der Waals surface area contributed by atoms with Gasteiger partial charge in [-0.05, 0) is 44.4 Å². The van der Waals surface area contributed by atoms with E-state index in [4.69, 9.17) is 9.47 Å². The molecule has 0 heterocycles. The van der Waals surface area contributed by atoms with Crippen LogP contribution < -0.4 is 0 Å². The molecule has 0 radical (unpaired) electrons. The first-order valence-corrected chi connectivity index (χ1v) is 10.4. The molecule has 0 bridgehead atoms. The number of ether oxygens (including phenoxy) is 2. The largest absolute Gasteiger partial charge is 0.378 e. The van der Waals surface area contributed by atoms with Crippen LogP contribution in [0.15, 0.2) is 0 Å². The van der Waals surface area contributed by atoms with Crippen LogP contribution in [0.25, 0.3) is 0 Å². The number of carbonyl (C=O) groups is 1. The van der Waals surface area contributed by atoms with Gasteiger partial charge < -0.3 is 9.47 Å². The molecule has 1 unspecified atom stereocenters. The monoisotopic (exact) mass is 426 g/mol. The highest BCUT2D eigenvalue weighted by atomic mass is 127. The van der Waals surface area contributed by atoms with Gasteiger partial charge in [0.1, 0.15) is 5.60 Å². The molecule has 0 amide bonds. The molecule has 0 aliphatic rings. The summed E-state index contributed by atoms with van der Waals surface area (Å²) in [5.41, 5.74) is -0.563. The lowest BCUT2D eigenvalue weighted by Gasteiger charge is -2.30. The van der Waals surface area contributed by atoms with E-state index in [-0.39, 0.29) is 5.78 Å². The van der Waals surface area contributed by atoms with E-state index in [1.807, 2.05) is 13.8 Å². The summed E-state index contributed by atoms with van der Waals surface area (Å²) in [6.07, 6.45) is 6.64. The molecule has 0 saturated carbocycles. The van der Waals surface area contributed by atoms with Crippen molar-refractivity contribution in [2.45, 2.75) is 91.3 Å². The summed E-state index contributed by atoms with van der Waals surface area (Å²) < 4.78 is 12.2. The second-order valence-electron chi connectivity index (χ2n) is 6.12. The Balaban J connectivity index is 4.16. The Morgan fingerprint density at radius 1 is 1.09 bits per heavy atom. The van der Waals surface area contributed by atoms with E-state index in [1.165, 1.54) is 0 Å². The third kappa shape index (κ3) is 7.73. The van der Waals surface area contributed by atoms with Gasteiger partial charge in [0.2, 0.25) is 0 Å². The fraction of sp³-hybridized carbons (Fsp3) is 0.944. The number of Topliss-reactive ketones (excluding diaryl/α,β-unsaturated/α-hetero) is 1. The molecule has 0 saturated heterocycles. The third-order valence-corrected chi connectivity index (χ3v) is 5.03.